The lowest BCUT2D eigenvalue weighted by atomic mass is 9.92. The third-order valence-corrected chi connectivity index (χ3v) is 4.39. The third kappa shape index (κ3) is 3.30. The molecule has 1 N–H and O–H groups in total. The van der Waals surface area contributed by atoms with Gasteiger partial charge in [-0.05, 0) is 31.0 Å². The van der Waals surface area contributed by atoms with Gasteiger partial charge in [-0.15, -0.1) is 0 Å². The van der Waals surface area contributed by atoms with Gasteiger partial charge in [0.2, 0.25) is 0 Å². The Morgan fingerprint density at radius 2 is 1.88 bits per heavy atom. The Labute approximate surface area is 104 Å². The molecule has 3 nitrogen and oxygen atoms in total. The molecule has 2 unspecified atom stereocenters. The topological polar surface area (TPSA) is 46.2 Å². The number of benzene rings is 1. The summed E-state index contributed by atoms with van der Waals surface area (Å²) >= 11 is 0. The molecule has 0 aliphatic carbocycles. The Morgan fingerprint density at radius 3 is 2.35 bits per heavy atom. The minimum atomic E-state index is -3.16. The van der Waals surface area contributed by atoms with E-state index >= 15 is 0 Å². The van der Waals surface area contributed by atoms with E-state index in [0.717, 1.165) is 12.0 Å². The third-order valence-electron chi connectivity index (χ3n) is 3.22. The molecule has 17 heavy (non-hydrogen) atoms. The molecule has 0 aliphatic rings. The number of sulfone groups is 1. The second-order valence-electron chi connectivity index (χ2n) is 4.40. The Bertz CT molecular complexity index is 464. The second kappa shape index (κ2) is 5.65. The van der Waals surface area contributed by atoms with E-state index in [4.69, 9.17) is 0 Å². The first-order chi connectivity index (χ1) is 7.91. The summed E-state index contributed by atoms with van der Waals surface area (Å²) in [5.74, 6) is 0.177. The summed E-state index contributed by atoms with van der Waals surface area (Å²) in [6.07, 6.45) is 2.23. The lowest BCUT2D eigenvalue weighted by molar-refractivity contribution is 0.467. The number of nitrogens with one attached hydrogen (secondary N) is 1. The molecule has 0 bridgehead atoms. The van der Waals surface area contributed by atoms with Crippen LogP contribution in [-0.4, -0.2) is 27.8 Å². The first-order valence-corrected chi connectivity index (χ1v) is 7.77. The van der Waals surface area contributed by atoms with Gasteiger partial charge in [0, 0.05) is 12.3 Å². The molecule has 0 radical (unpaired) electrons. The zero-order chi connectivity index (χ0) is 13.1. The van der Waals surface area contributed by atoms with Crippen molar-refractivity contribution in [3.8, 4) is 0 Å². The van der Waals surface area contributed by atoms with Gasteiger partial charge in [0.05, 0.1) is 4.90 Å². The molecule has 2 atom stereocenters. The lowest BCUT2D eigenvalue weighted by Gasteiger charge is -2.24. The molecule has 1 aromatic carbocycles. The average molecular weight is 255 g/mol. The second-order valence-corrected chi connectivity index (χ2v) is 6.39. The minimum absolute atomic E-state index is 0.177. The molecule has 0 aliphatic heterocycles. The van der Waals surface area contributed by atoms with Crippen molar-refractivity contribution in [2.75, 3.05) is 13.3 Å². The van der Waals surface area contributed by atoms with Gasteiger partial charge in [-0.2, -0.15) is 0 Å². The van der Waals surface area contributed by atoms with Crippen molar-refractivity contribution in [1.29, 1.82) is 0 Å². The van der Waals surface area contributed by atoms with Crippen LogP contribution >= 0.6 is 0 Å². The van der Waals surface area contributed by atoms with E-state index in [1.165, 1.54) is 6.26 Å². The molecule has 1 aromatic rings. The Balaban J connectivity index is 3.23. The molecule has 0 saturated carbocycles. The SMILES string of the molecule is CCC(NC)C(C)c1ccccc1S(C)(=O)=O. The van der Waals surface area contributed by atoms with E-state index in [-0.39, 0.29) is 12.0 Å². The highest BCUT2D eigenvalue weighted by atomic mass is 32.2. The van der Waals surface area contributed by atoms with Crippen molar-refractivity contribution in [2.24, 2.45) is 0 Å². The fourth-order valence-corrected chi connectivity index (χ4v) is 3.23. The minimum Gasteiger partial charge on any atom is -0.316 e. The molecule has 0 spiro atoms. The number of hydrogen-bond donors (Lipinski definition) is 1. The first-order valence-electron chi connectivity index (χ1n) is 5.88. The average Bonchev–Trinajstić information content (AvgIpc) is 2.29. The maximum Gasteiger partial charge on any atom is 0.175 e. The molecule has 0 fully saturated rings. The Kier molecular flexibility index (Phi) is 4.71. The fourth-order valence-electron chi connectivity index (χ4n) is 2.22. The van der Waals surface area contributed by atoms with E-state index in [1.807, 2.05) is 19.2 Å². The van der Waals surface area contributed by atoms with Crippen molar-refractivity contribution >= 4 is 9.84 Å². The molecule has 0 amide bonds. The zero-order valence-electron chi connectivity index (χ0n) is 10.9. The van der Waals surface area contributed by atoms with Gasteiger partial charge in [0.1, 0.15) is 0 Å². The largest absolute Gasteiger partial charge is 0.316 e. The molecule has 96 valence electrons. The smallest absolute Gasteiger partial charge is 0.175 e. The van der Waals surface area contributed by atoms with Crippen LogP contribution in [0.3, 0.4) is 0 Å². The van der Waals surface area contributed by atoms with Crippen LogP contribution in [0.1, 0.15) is 31.7 Å². The monoisotopic (exact) mass is 255 g/mol. The standard InChI is InChI=1S/C13H21NO2S/c1-5-12(14-3)10(2)11-8-6-7-9-13(11)17(4,15)16/h6-10,12,14H,5H2,1-4H3. The van der Waals surface area contributed by atoms with Crippen molar-refractivity contribution < 1.29 is 8.42 Å². The Hall–Kier alpha value is -0.870. The van der Waals surface area contributed by atoms with Crippen molar-refractivity contribution in [1.82, 2.24) is 5.32 Å². The van der Waals surface area contributed by atoms with E-state index in [0.29, 0.717) is 4.90 Å². The molecular weight excluding hydrogens is 234 g/mol. The summed E-state index contributed by atoms with van der Waals surface area (Å²) in [5, 5.41) is 3.23. The quantitative estimate of drug-likeness (QED) is 0.877. The normalized spacial score (nSPS) is 15.5. The summed E-state index contributed by atoms with van der Waals surface area (Å²) in [6, 6.07) is 7.54. The predicted octanol–water partition coefficient (Wildman–Crippen LogP) is 2.19. The molecule has 1 rings (SSSR count). The van der Waals surface area contributed by atoms with Gasteiger partial charge in [-0.25, -0.2) is 8.42 Å². The van der Waals surface area contributed by atoms with Crippen LogP contribution < -0.4 is 5.32 Å². The van der Waals surface area contributed by atoms with Crippen LogP contribution in [0.5, 0.6) is 0 Å². The van der Waals surface area contributed by atoms with Crippen LogP contribution in [-0.2, 0) is 9.84 Å². The predicted molar refractivity (Wildman–Crippen MR) is 71.1 cm³/mol. The number of rotatable bonds is 5. The first kappa shape index (κ1) is 14.2. The zero-order valence-corrected chi connectivity index (χ0v) is 11.7. The van der Waals surface area contributed by atoms with Crippen molar-refractivity contribution in [3.63, 3.8) is 0 Å². The van der Waals surface area contributed by atoms with E-state index in [9.17, 15) is 8.42 Å². The molecule has 0 heterocycles. The summed E-state index contributed by atoms with van der Waals surface area (Å²) in [6.45, 7) is 4.16. The lowest BCUT2D eigenvalue weighted by Crippen LogP contribution is -2.30. The van der Waals surface area contributed by atoms with Crippen LogP contribution in [0.4, 0.5) is 0 Å². The van der Waals surface area contributed by atoms with Gasteiger partial charge in [0.15, 0.2) is 9.84 Å². The van der Waals surface area contributed by atoms with Crippen LogP contribution in [0.25, 0.3) is 0 Å². The van der Waals surface area contributed by atoms with Gasteiger partial charge < -0.3 is 5.32 Å². The van der Waals surface area contributed by atoms with E-state index in [2.05, 4.69) is 19.2 Å². The summed E-state index contributed by atoms with van der Waals surface area (Å²) in [7, 11) is -1.25. The van der Waals surface area contributed by atoms with Gasteiger partial charge in [-0.3, -0.25) is 0 Å². The van der Waals surface area contributed by atoms with Gasteiger partial charge >= 0.3 is 0 Å². The van der Waals surface area contributed by atoms with Crippen molar-refractivity contribution in [2.45, 2.75) is 37.1 Å². The van der Waals surface area contributed by atoms with Gasteiger partial charge in [0.25, 0.3) is 0 Å². The molecule has 0 aromatic heterocycles. The summed E-state index contributed by atoms with van der Waals surface area (Å²) < 4.78 is 23.5. The molecule has 4 heteroatoms. The summed E-state index contributed by atoms with van der Waals surface area (Å²) in [4.78, 5) is 0.446. The van der Waals surface area contributed by atoms with Crippen LogP contribution in [0.15, 0.2) is 29.2 Å². The van der Waals surface area contributed by atoms with E-state index in [1.54, 1.807) is 12.1 Å². The van der Waals surface area contributed by atoms with Crippen LogP contribution in [0.2, 0.25) is 0 Å². The Morgan fingerprint density at radius 1 is 1.29 bits per heavy atom. The summed E-state index contributed by atoms with van der Waals surface area (Å²) in [5.41, 5.74) is 0.899. The molecule has 0 saturated heterocycles. The maximum atomic E-state index is 11.7. The van der Waals surface area contributed by atoms with Gasteiger partial charge in [-0.1, -0.05) is 32.0 Å². The van der Waals surface area contributed by atoms with Crippen molar-refractivity contribution in [3.05, 3.63) is 29.8 Å². The maximum absolute atomic E-state index is 11.7. The number of likely N-dealkylation sites (N-methyl/N-ethyl adjacent to an activating group) is 1. The highest BCUT2D eigenvalue weighted by Gasteiger charge is 2.21. The highest BCUT2D eigenvalue weighted by Crippen LogP contribution is 2.27. The van der Waals surface area contributed by atoms with E-state index < -0.39 is 9.84 Å². The highest BCUT2D eigenvalue weighted by molar-refractivity contribution is 7.90. The number of hydrogen-bond acceptors (Lipinski definition) is 3. The van der Waals surface area contributed by atoms with Crippen LogP contribution in [0, 0.1) is 0 Å². The fraction of sp³-hybridized carbons (Fsp3) is 0.538. The molecular formula is C13H21NO2S.